The molecule has 0 nitrogen and oxygen atoms in total. The highest BCUT2D eigenvalue weighted by molar-refractivity contribution is 5.28. The first kappa shape index (κ1) is 16.8. The van der Waals surface area contributed by atoms with Gasteiger partial charge in [0.1, 0.15) is 0 Å². The average molecular weight is 294 g/mol. The number of aryl methyl sites for hydroxylation is 2. The number of hydrogen-bond acceptors (Lipinski definition) is 0. The summed E-state index contributed by atoms with van der Waals surface area (Å²) in [5.74, 6) is 0. The molecule has 0 aliphatic carbocycles. The molecule has 0 heterocycles. The third-order valence-corrected chi connectivity index (χ3v) is 5.45. The van der Waals surface area contributed by atoms with Crippen molar-refractivity contribution in [2.24, 2.45) is 5.41 Å². The Kier molecular flexibility index (Phi) is 5.11. The zero-order valence-corrected chi connectivity index (χ0v) is 14.8. The Bertz CT molecular complexity index is 589. The van der Waals surface area contributed by atoms with Gasteiger partial charge in [-0.3, -0.25) is 0 Å². The standard InChI is InChI=1S/C22H30/c1-18-12-9-10-13-19(18)14-11-17-22(5,21(2,3)4)20-15-7-6-8-16-20/h6-10,12-13,15-16H,11,14,17H2,1-5H3/t22-/m1/s1. The van der Waals surface area contributed by atoms with Crippen molar-refractivity contribution in [2.75, 3.05) is 0 Å². The van der Waals surface area contributed by atoms with Crippen molar-refractivity contribution < 1.29 is 0 Å². The maximum absolute atomic E-state index is 2.43. The SMILES string of the molecule is Cc1ccccc1CCC[C@](C)(c1ccccc1)C(C)(C)C. The quantitative estimate of drug-likeness (QED) is 0.605. The first-order valence-electron chi connectivity index (χ1n) is 8.45. The normalized spacial score (nSPS) is 14.6. The molecular formula is C22H30. The van der Waals surface area contributed by atoms with E-state index in [9.17, 15) is 0 Å². The van der Waals surface area contributed by atoms with E-state index in [2.05, 4.69) is 89.2 Å². The van der Waals surface area contributed by atoms with Crippen molar-refractivity contribution >= 4 is 0 Å². The van der Waals surface area contributed by atoms with Crippen molar-refractivity contribution in [2.45, 2.75) is 59.3 Å². The Balaban J connectivity index is 2.14. The van der Waals surface area contributed by atoms with E-state index in [1.165, 1.54) is 36.0 Å². The second-order valence-corrected chi connectivity index (χ2v) is 7.73. The van der Waals surface area contributed by atoms with Crippen LogP contribution < -0.4 is 0 Å². The van der Waals surface area contributed by atoms with Crippen LogP contribution in [0.15, 0.2) is 54.6 Å². The molecule has 0 saturated heterocycles. The lowest BCUT2D eigenvalue weighted by molar-refractivity contribution is 0.185. The Morgan fingerprint density at radius 3 is 1.95 bits per heavy atom. The van der Waals surface area contributed by atoms with Crippen LogP contribution in [0.3, 0.4) is 0 Å². The molecule has 0 saturated carbocycles. The molecule has 2 rings (SSSR count). The third-order valence-electron chi connectivity index (χ3n) is 5.45. The summed E-state index contributed by atoms with van der Waals surface area (Å²) in [5.41, 5.74) is 4.83. The number of benzene rings is 2. The molecule has 0 radical (unpaired) electrons. The first-order valence-corrected chi connectivity index (χ1v) is 8.45. The van der Waals surface area contributed by atoms with Crippen molar-refractivity contribution in [1.82, 2.24) is 0 Å². The van der Waals surface area contributed by atoms with E-state index < -0.39 is 0 Å². The summed E-state index contributed by atoms with van der Waals surface area (Å²) in [6.07, 6.45) is 3.62. The lowest BCUT2D eigenvalue weighted by Gasteiger charge is -2.43. The summed E-state index contributed by atoms with van der Waals surface area (Å²) in [6, 6.07) is 19.8. The zero-order valence-electron chi connectivity index (χ0n) is 14.8. The Hall–Kier alpha value is -1.56. The van der Waals surface area contributed by atoms with Gasteiger partial charge in [-0.1, -0.05) is 82.3 Å². The zero-order chi connectivity index (χ0) is 16.2. The molecule has 0 spiro atoms. The van der Waals surface area contributed by atoms with Gasteiger partial charge in [0.2, 0.25) is 0 Å². The Morgan fingerprint density at radius 2 is 1.36 bits per heavy atom. The van der Waals surface area contributed by atoms with Gasteiger partial charge in [0.05, 0.1) is 0 Å². The minimum absolute atomic E-state index is 0.205. The molecule has 0 N–H and O–H groups in total. The molecule has 0 heteroatoms. The van der Waals surface area contributed by atoms with Gasteiger partial charge in [0.15, 0.2) is 0 Å². The highest BCUT2D eigenvalue weighted by Gasteiger charge is 2.38. The van der Waals surface area contributed by atoms with Gasteiger partial charge in [-0.15, -0.1) is 0 Å². The van der Waals surface area contributed by atoms with Crippen molar-refractivity contribution in [3.63, 3.8) is 0 Å². The second-order valence-electron chi connectivity index (χ2n) is 7.73. The first-order chi connectivity index (χ1) is 10.3. The minimum Gasteiger partial charge on any atom is -0.0622 e. The van der Waals surface area contributed by atoms with Gasteiger partial charge in [0.25, 0.3) is 0 Å². The minimum atomic E-state index is 0.205. The van der Waals surface area contributed by atoms with Crippen LogP contribution in [0, 0.1) is 12.3 Å². The van der Waals surface area contributed by atoms with Crippen LogP contribution >= 0.6 is 0 Å². The summed E-state index contributed by atoms with van der Waals surface area (Å²) >= 11 is 0. The molecule has 0 aromatic heterocycles. The van der Waals surface area contributed by atoms with E-state index in [4.69, 9.17) is 0 Å². The van der Waals surface area contributed by atoms with E-state index in [-0.39, 0.29) is 10.8 Å². The van der Waals surface area contributed by atoms with E-state index >= 15 is 0 Å². The fourth-order valence-corrected chi connectivity index (χ4v) is 3.28. The lowest BCUT2D eigenvalue weighted by atomic mass is 9.61. The second kappa shape index (κ2) is 6.69. The Morgan fingerprint density at radius 1 is 0.773 bits per heavy atom. The van der Waals surface area contributed by atoms with Gasteiger partial charge in [-0.25, -0.2) is 0 Å². The molecule has 2 aromatic carbocycles. The fourth-order valence-electron chi connectivity index (χ4n) is 3.28. The molecule has 0 aliphatic rings. The summed E-state index contributed by atoms with van der Waals surface area (Å²) < 4.78 is 0. The van der Waals surface area contributed by atoms with Gasteiger partial charge in [-0.05, 0) is 53.7 Å². The monoisotopic (exact) mass is 294 g/mol. The van der Waals surface area contributed by atoms with E-state index in [0.717, 1.165) is 0 Å². The van der Waals surface area contributed by atoms with Crippen LogP contribution in [0.25, 0.3) is 0 Å². The molecule has 0 aliphatic heterocycles. The average Bonchev–Trinajstić information content (AvgIpc) is 2.49. The predicted octanol–water partition coefficient (Wildman–Crippen LogP) is 6.32. The van der Waals surface area contributed by atoms with Gasteiger partial charge in [0, 0.05) is 0 Å². The van der Waals surface area contributed by atoms with Crippen LogP contribution in [0.5, 0.6) is 0 Å². The fraction of sp³-hybridized carbons (Fsp3) is 0.455. The molecule has 0 amide bonds. The van der Waals surface area contributed by atoms with Gasteiger partial charge in [-0.2, -0.15) is 0 Å². The molecule has 2 aromatic rings. The predicted molar refractivity (Wildman–Crippen MR) is 97.4 cm³/mol. The summed E-state index contributed by atoms with van der Waals surface area (Å²) in [5, 5.41) is 0. The molecule has 0 unspecified atom stereocenters. The molecule has 0 fully saturated rings. The van der Waals surface area contributed by atoms with Crippen LogP contribution in [-0.2, 0) is 11.8 Å². The van der Waals surface area contributed by atoms with Crippen LogP contribution in [0.2, 0.25) is 0 Å². The smallest absolute Gasteiger partial charge is 0.00267 e. The number of hydrogen-bond donors (Lipinski definition) is 0. The van der Waals surface area contributed by atoms with Gasteiger partial charge < -0.3 is 0 Å². The molecule has 0 bridgehead atoms. The third kappa shape index (κ3) is 3.61. The van der Waals surface area contributed by atoms with Crippen LogP contribution in [-0.4, -0.2) is 0 Å². The topological polar surface area (TPSA) is 0 Å². The van der Waals surface area contributed by atoms with Crippen LogP contribution in [0.1, 0.15) is 57.2 Å². The maximum Gasteiger partial charge on any atom is -0.00267 e. The largest absolute Gasteiger partial charge is 0.0622 e. The van der Waals surface area contributed by atoms with E-state index in [0.29, 0.717) is 0 Å². The number of rotatable bonds is 5. The van der Waals surface area contributed by atoms with E-state index in [1.807, 2.05) is 0 Å². The van der Waals surface area contributed by atoms with E-state index in [1.54, 1.807) is 0 Å². The molecule has 118 valence electrons. The highest BCUT2D eigenvalue weighted by Crippen LogP contribution is 2.44. The molecular weight excluding hydrogens is 264 g/mol. The maximum atomic E-state index is 2.43. The van der Waals surface area contributed by atoms with Gasteiger partial charge >= 0.3 is 0 Å². The van der Waals surface area contributed by atoms with Crippen LogP contribution in [0.4, 0.5) is 0 Å². The van der Waals surface area contributed by atoms with Crippen molar-refractivity contribution in [3.05, 3.63) is 71.3 Å². The molecule has 1 atom stereocenters. The summed E-state index contributed by atoms with van der Waals surface area (Å²) in [4.78, 5) is 0. The Labute approximate surface area is 136 Å². The van der Waals surface area contributed by atoms with Crippen molar-refractivity contribution in [3.8, 4) is 0 Å². The van der Waals surface area contributed by atoms with Crippen molar-refractivity contribution in [1.29, 1.82) is 0 Å². The summed E-state index contributed by atoms with van der Waals surface area (Å²) in [6.45, 7) is 11.8. The lowest BCUT2D eigenvalue weighted by Crippen LogP contribution is -2.37. The molecule has 22 heavy (non-hydrogen) atoms. The summed E-state index contributed by atoms with van der Waals surface area (Å²) in [7, 11) is 0. The highest BCUT2D eigenvalue weighted by atomic mass is 14.4.